The van der Waals surface area contributed by atoms with E-state index in [1.807, 2.05) is 6.07 Å². The van der Waals surface area contributed by atoms with E-state index in [4.69, 9.17) is 4.74 Å². The van der Waals surface area contributed by atoms with Crippen molar-refractivity contribution in [3.8, 4) is 5.75 Å². The Morgan fingerprint density at radius 3 is 2.50 bits per heavy atom. The molecule has 2 unspecified atom stereocenters. The highest BCUT2D eigenvalue weighted by atomic mass is 79.9. The third kappa shape index (κ3) is 2.50. The van der Waals surface area contributed by atoms with Crippen LogP contribution in [-0.2, 0) is 0 Å². The lowest BCUT2D eigenvalue weighted by Gasteiger charge is -2.53. The van der Waals surface area contributed by atoms with Crippen LogP contribution in [0.4, 0.5) is 0 Å². The molecule has 110 valence electrons. The van der Waals surface area contributed by atoms with Crippen LogP contribution >= 0.6 is 15.9 Å². The number of rotatable bonds is 2. The molecule has 1 aromatic rings. The average Bonchev–Trinajstić information content (AvgIpc) is 2.69. The van der Waals surface area contributed by atoms with E-state index in [0.717, 1.165) is 29.5 Å². The maximum absolute atomic E-state index is 10.3. The molecule has 2 aliphatic carbocycles. The Hall–Kier alpha value is -0.540. The molecule has 2 nitrogen and oxygen atoms in total. The second-order valence-electron chi connectivity index (χ2n) is 6.44. The maximum Gasteiger partial charge on any atom is 0.133 e. The molecule has 1 N–H and O–H groups in total. The van der Waals surface area contributed by atoms with Crippen molar-refractivity contribution >= 4 is 15.9 Å². The second kappa shape index (κ2) is 5.69. The number of hydrogen-bond acceptors (Lipinski definition) is 2. The summed E-state index contributed by atoms with van der Waals surface area (Å²) in [6.07, 6.45) is 8.07. The molecule has 0 amide bonds. The molecule has 2 atom stereocenters. The Morgan fingerprint density at radius 1 is 1.20 bits per heavy atom. The van der Waals surface area contributed by atoms with Gasteiger partial charge in [0.05, 0.1) is 10.6 Å². The highest BCUT2D eigenvalue weighted by Crippen LogP contribution is 2.52. The van der Waals surface area contributed by atoms with Crippen molar-refractivity contribution in [2.75, 3.05) is 0 Å². The molecule has 0 heterocycles. The topological polar surface area (TPSA) is 29.5 Å². The number of aryl methyl sites for hydroxylation is 1. The third-order valence-corrected chi connectivity index (χ3v) is 5.75. The Morgan fingerprint density at radius 2 is 1.90 bits per heavy atom. The Balaban J connectivity index is 1.76. The molecular weight excluding hydrogens is 316 g/mol. The van der Waals surface area contributed by atoms with Gasteiger partial charge in [0.15, 0.2) is 0 Å². The van der Waals surface area contributed by atoms with Gasteiger partial charge in [-0.15, -0.1) is 0 Å². The Labute approximate surface area is 129 Å². The summed E-state index contributed by atoms with van der Waals surface area (Å²) in [6.45, 7) is 2.08. The molecule has 0 radical (unpaired) electrons. The van der Waals surface area contributed by atoms with Crippen molar-refractivity contribution in [3.63, 3.8) is 0 Å². The van der Waals surface area contributed by atoms with Crippen molar-refractivity contribution in [1.82, 2.24) is 0 Å². The van der Waals surface area contributed by atoms with Crippen LogP contribution in [0.5, 0.6) is 5.75 Å². The molecule has 0 saturated heterocycles. The minimum absolute atomic E-state index is 0.0147. The molecule has 0 bridgehead atoms. The molecule has 0 aliphatic heterocycles. The number of aliphatic hydroxyl groups excluding tert-OH is 1. The number of hydrogen-bond donors (Lipinski definition) is 1. The highest BCUT2D eigenvalue weighted by Gasteiger charge is 2.55. The Bertz CT molecular complexity index is 478. The van der Waals surface area contributed by atoms with Crippen LogP contribution in [0.25, 0.3) is 0 Å². The van der Waals surface area contributed by atoms with E-state index >= 15 is 0 Å². The minimum atomic E-state index is -0.171. The monoisotopic (exact) mass is 338 g/mol. The molecule has 0 aromatic heterocycles. The van der Waals surface area contributed by atoms with Crippen LogP contribution in [-0.4, -0.2) is 17.3 Å². The molecule has 2 aliphatic rings. The summed E-state index contributed by atoms with van der Waals surface area (Å²) in [7, 11) is 0. The first kappa shape index (κ1) is 14.4. The van der Waals surface area contributed by atoms with Crippen molar-refractivity contribution in [2.45, 2.75) is 64.1 Å². The number of aliphatic hydroxyl groups is 1. The number of ether oxygens (including phenoxy) is 1. The molecule has 3 rings (SSSR count). The summed E-state index contributed by atoms with van der Waals surface area (Å²) in [6, 6.07) is 6.20. The minimum Gasteiger partial charge on any atom is -0.488 e. The van der Waals surface area contributed by atoms with Gasteiger partial charge in [0.1, 0.15) is 11.9 Å². The molecule has 1 aromatic carbocycles. The van der Waals surface area contributed by atoms with E-state index in [9.17, 15) is 5.11 Å². The van der Waals surface area contributed by atoms with E-state index in [1.165, 1.54) is 31.2 Å². The summed E-state index contributed by atoms with van der Waals surface area (Å²) < 4.78 is 7.26. The van der Waals surface area contributed by atoms with Gasteiger partial charge in [-0.3, -0.25) is 0 Å². The lowest BCUT2D eigenvalue weighted by molar-refractivity contribution is -0.163. The fraction of sp³-hybridized carbons (Fsp3) is 0.647. The maximum atomic E-state index is 10.3. The molecule has 3 heteroatoms. The average molecular weight is 339 g/mol. The quantitative estimate of drug-likeness (QED) is 0.853. The van der Waals surface area contributed by atoms with Gasteiger partial charge in [-0.05, 0) is 53.4 Å². The van der Waals surface area contributed by atoms with Gasteiger partial charge >= 0.3 is 0 Å². The van der Waals surface area contributed by atoms with Gasteiger partial charge < -0.3 is 9.84 Å². The standard InChI is InChI=1S/C17H23BrO2/c1-12-6-7-14(13(18)10-12)20-16-11-15(19)17(16)8-4-2-3-5-9-17/h6-7,10,15-16,19H,2-5,8-9,11H2,1H3. The van der Waals surface area contributed by atoms with Gasteiger partial charge in [-0.1, -0.05) is 31.7 Å². The lowest BCUT2D eigenvalue weighted by atomic mass is 9.59. The fourth-order valence-corrected chi connectivity index (χ4v) is 4.38. The summed E-state index contributed by atoms with van der Waals surface area (Å²) in [5.41, 5.74) is 1.24. The zero-order valence-electron chi connectivity index (χ0n) is 12.1. The summed E-state index contributed by atoms with van der Waals surface area (Å²) >= 11 is 3.58. The van der Waals surface area contributed by atoms with Crippen LogP contribution in [0.1, 0.15) is 50.5 Å². The smallest absolute Gasteiger partial charge is 0.133 e. The van der Waals surface area contributed by atoms with Gasteiger partial charge in [0, 0.05) is 11.8 Å². The van der Waals surface area contributed by atoms with Gasteiger partial charge in [0.2, 0.25) is 0 Å². The van der Waals surface area contributed by atoms with Crippen LogP contribution in [0.3, 0.4) is 0 Å². The lowest BCUT2D eigenvalue weighted by Crippen LogP contribution is -2.59. The first-order valence-electron chi connectivity index (χ1n) is 7.73. The second-order valence-corrected chi connectivity index (χ2v) is 7.29. The Kier molecular flexibility index (Phi) is 4.09. The zero-order chi connectivity index (χ0) is 14.2. The van der Waals surface area contributed by atoms with Gasteiger partial charge in [-0.25, -0.2) is 0 Å². The number of benzene rings is 1. The largest absolute Gasteiger partial charge is 0.488 e. The van der Waals surface area contributed by atoms with Gasteiger partial charge in [-0.2, -0.15) is 0 Å². The van der Waals surface area contributed by atoms with Crippen LogP contribution in [0, 0.1) is 12.3 Å². The highest BCUT2D eigenvalue weighted by molar-refractivity contribution is 9.10. The third-order valence-electron chi connectivity index (χ3n) is 5.13. The van der Waals surface area contributed by atoms with Crippen molar-refractivity contribution in [1.29, 1.82) is 0 Å². The zero-order valence-corrected chi connectivity index (χ0v) is 13.7. The van der Waals surface area contributed by atoms with Crippen LogP contribution < -0.4 is 4.74 Å². The first-order chi connectivity index (χ1) is 9.62. The van der Waals surface area contributed by atoms with E-state index in [0.29, 0.717) is 0 Å². The molecule has 20 heavy (non-hydrogen) atoms. The van der Waals surface area contributed by atoms with E-state index in [1.54, 1.807) is 0 Å². The fourth-order valence-electron chi connectivity index (χ4n) is 3.79. The van der Waals surface area contributed by atoms with Crippen molar-refractivity contribution < 1.29 is 9.84 Å². The normalized spacial score (nSPS) is 28.8. The van der Waals surface area contributed by atoms with Crippen LogP contribution in [0.15, 0.2) is 22.7 Å². The van der Waals surface area contributed by atoms with E-state index < -0.39 is 0 Å². The van der Waals surface area contributed by atoms with Crippen molar-refractivity contribution in [3.05, 3.63) is 28.2 Å². The summed E-state index contributed by atoms with van der Waals surface area (Å²) in [4.78, 5) is 0. The van der Waals surface area contributed by atoms with Gasteiger partial charge in [0.25, 0.3) is 0 Å². The molecule has 1 spiro atoms. The molecule has 2 saturated carbocycles. The van der Waals surface area contributed by atoms with E-state index in [-0.39, 0.29) is 17.6 Å². The molecular formula is C17H23BrO2. The predicted octanol–water partition coefficient (Wildman–Crippen LogP) is 4.61. The van der Waals surface area contributed by atoms with Crippen LogP contribution in [0.2, 0.25) is 0 Å². The first-order valence-corrected chi connectivity index (χ1v) is 8.52. The predicted molar refractivity (Wildman–Crippen MR) is 84.1 cm³/mol. The van der Waals surface area contributed by atoms with E-state index in [2.05, 4.69) is 35.0 Å². The SMILES string of the molecule is Cc1ccc(OC2CC(O)C23CCCCCC3)c(Br)c1. The number of halogens is 1. The summed E-state index contributed by atoms with van der Waals surface area (Å²) in [5.74, 6) is 0.913. The molecule has 2 fully saturated rings. The summed E-state index contributed by atoms with van der Waals surface area (Å²) in [5, 5.41) is 10.3. The van der Waals surface area contributed by atoms with Crippen molar-refractivity contribution in [2.24, 2.45) is 5.41 Å².